The third kappa shape index (κ3) is 2.59. The molecule has 0 aliphatic carbocycles. The number of hydrogen-bond acceptors (Lipinski definition) is 3. The molecule has 1 N–H and O–H groups in total. The number of aryl methyl sites for hydroxylation is 2. The van der Waals surface area contributed by atoms with Gasteiger partial charge in [0.15, 0.2) is 5.65 Å². The van der Waals surface area contributed by atoms with Gasteiger partial charge >= 0.3 is 0 Å². The third-order valence-corrected chi connectivity index (χ3v) is 3.80. The molecule has 0 bridgehead atoms. The summed E-state index contributed by atoms with van der Waals surface area (Å²) in [6, 6.07) is 6.16. The van der Waals surface area contributed by atoms with Gasteiger partial charge in [-0.05, 0) is 31.2 Å². The number of nitrogens with one attached hydrogen (secondary N) is 1. The van der Waals surface area contributed by atoms with Gasteiger partial charge in [0.05, 0.1) is 16.9 Å². The first-order valence-corrected chi connectivity index (χ1v) is 7.31. The average molecular weight is 363 g/mol. The van der Waals surface area contributed by atoms with E-state index >= 15 is 0 Å². The van der Waals surface area contributed by atoms with Crippen LogP contribution < -0.4 is 5.32 Å². The molecule has 1 aromatic carbocycles. The number of carbonyl (C=O) groups excluding carboxylic acids is 1. The van der Waals surface area contributed by atoms with Crippen LogP contribution in [-0.4, -0.2) is 20.7 Å². The van der Waals surface area contributed by atoms with E-state index < -0.39 is 11.7 Å². The summed E-state index contributed by atoms with van der Waals surface area (Å²) in [6.45, 7) is 1.85. The fourth-order valence-electron chi connectivity index (χ4n) is 2.22. The minimum atomic E-state index is -0.505. The SMILES string of the molecule is Cc1nn(C)c2ncc(C(=O)Nc3ccc(Br)cc3F)cc12. The van der Waals surface area contributed by atoms with Crippen LogP contribution >= 0.6 is 15.9 Å². The molecule has 0 spiro atoms. The quantitative estimate of drug-likeness (QED) is 0.759. The van der Waals surface area contributed by atoms with Gasteiger partial charge in [0.2, 0.25) is 0 Å². The van der Waals surface area contributed by atoms with E-state index in [-0.39, 0.29) is 5.69 Å². The normalized spacial score (nSPS) is 10.9. The van der Waals surface area contributed by atoms with Gasteiger partial charge in [-0.1, -0.05) is 15.9 Å². The van der Waals surface area contributed by atoms with Crippen LogP contribution in [0.25, 0.3) is 11.0 Å². The van der Waals surface area contributed by atoms with Gasteiger partial charge in [-0.3, -0.25) is 9.48 Å². The van der Waals surface area contributed by atoms with Crippen LogP contribution in [0.2, 0.25) is 0 Å². The van der Waals surface area contributed by atoms with Gasteiger partial charge in [-0.15, -0.1) is 0 Å². The number of pyridine rings is 1. The average Bonchev–Trinajstić information content (AvgIpc) is 2.76. The van der Waals surface area contributed by atoms with Gasteiger partial charge in [-0.2, -0.15) is 5.10 Å². The topological polar surface area (TPSA) is 59.8 Å². The first-order valence-electron chi connectivity index (χ1n) is 6.51. The molecule has 22 heavy (non-hydrogen) atoms. The number of halogens is 2. The molecule has 7 heteroatoms. The largest absolute Gasteiger partial charge is 0.319 e. The van der Waals surface area contributed by atoms with Crippen molar-refractivity contribution in [2.45, 2.75) is 6.92 Å². The number of fused-ring (bicyclic) bond motifs is 1. The van der Waals surface area contributed by atoms with Crippen molar-refractivity contribution in [3.05, 3.63) is 52.0 Å². The van der Waals surface area contributed by atoms with Crippen molar-refractivity contribution in [3.63, 3.8) is 0 Å². The van der Waals surface area contributed by atoms with E-state index in [9.17, 15) is 9.18 Å². The highest BCUT2D eigenvalue weighted by atomic mass is 79.9. The van der Waals surface area contributed by atoms with Crippen LogP contribution in [0.3, 0.4) is 0 Å². The number of aromatic nitrogens is 3. The number of nitrogens with zero attached hydrogens (tertiary/aromatic N) is 3. The maximum Gasteiger partial charge on any atom is 0.257 e. The first kappa shape index (κ1) is 14.6. The van der Waals surface area contributed by atoms with Crippen molar-refractivity contribution in [2.24, 2.45) is 7.05 Å². The van der Waals surface area contributed by atoms with Crippen LogP contribution in [0, 0.1) is 12.7 Å². The molecule has 5 nitrogen and oxygen atoms in total. The summed E-state index contributed by atoms with van der Waals surface area (Å²) in [5, 5.41) is 7.60. The van der Waals surface area contributed by atoms with Crippen LogP contribution in [0.1, 0.15) is 16.1 Å². The van der Waals surface area contributed by atoms with Crippen LogP contribution in [-0.2, 0) is 7.05 Å². The first-order chi connectivity index (χ1) is 10.5. The zero-order valence-electron chi connectivity index (χ0n) is 11.9. The standard InChI is InChI=1S/C15H12BrFN4O/c1-8-11-5-9(7-18-14(11)21(2)20-8)15(22)19-13-4-3-10(16)6-12(13)17/h3-7H,1-2H3,(H,19,22). The third-order valence-electron chi connectivity index (χ3n) is 3.30. The Morgan fingerprint density at radius 2 is 2.14 bits per heavy atom. The number of carbonyl (C=O) groups is 1. The summed E-state index contributed by atoms with van der Waals surface area (Å²) in [5.41, 5.74) is 1.96. The lowest BCUT2D eigenvalue weighted by Crippen LogP contribution is -2.13. The Bertz CT molecular complexity index is 891. The maximum absolute atomic E-state index is 13.8. The second-order valence-electron chi connectivity index (χ2n) is 4.88. The summed E-state index contributed by atoms with van der Waals surface area (Å²) in [4.78, 5) is 16.5. The molecule has 0 saturated carbocycles. The lowest BCUT2D eigenvalue weighted by Gasteiger charge is -2.07. The van der Waals surface area contributed by atoms with E-state index in [1.54, 1.807) is 23.9 Å². The summed E-state index contributed by atoms with van der Waals surface area (Å²) in [7, 11) is 1.79. The Balaban J connectivity index is 1.93. The molecule has 2 aromatic heterocycles. The summed E-state index contributed by atoms with van der Waals surface area (Å²) in [5.74, 6) is -0.923. The molecule has 0 atom stereocenters. The molecule has 1 amide bonds. The number of benzene rings is 1. The smallest absolute Gasteiger partial charge is 0.257 e. The molecular weight excluding hydrogens is 351 g/mol. The minimum absolute atomic E-state index is 0.121. The Labute approximate surface area is 134 Å². The molecule has 0 aliphatic rings. The van der Waals surface area contributed by atoms with E-state index in [1.165, 1.54) is 18.3 Å². The molecule has 0 fully saturated rings. The Hall–Kier alpha value is -2.28. The Morgan fingerprint density at radius 3 is 2.86 bits per heavy atom. The van der Waals surface area contributed by atoms with Crippen molar-refractivity contribution < 1.29 is 9.18 Å². The highest BCUT2D eigenvalue weighted by Gasteiger charge is 2.13. The zero-order chi connectivity index (χ0) is 15.9. The molecule has 3 aromatic rings. The van der Waals surface area contributed by atoms with Crippen LogP contribution in [0.15, 0.2) is 34.9 Å². The Kier molecular flexibility index (Phi) is 3.66. The molecule has 2 heterocycles. The fraction of sp³-hybridized carbons (Fsp3) is 0.133. The van der Waals surface area contributed by atoms with Crippen LogP contribution in [0.5, 0.6) is 0 Å². The van der Waals surface area contributed by atoms with Gasteiger partial charge in [0, 0.05) is 23.1 Å². The summed E-state index contributed by atoms with van der Waals surface area (Å²) < 4.78 is 16.0. The fourth-order valence-corrected chi connectivity index (χ4v) is 2.55. The van der Waals surface area contributed by atoms with Gasteiger partial charge in [-0.25, -0.2) is 9.37 Å². The second kappa shape index (κ2) is 5.49. The lowest BCUT2D eigenvalue weighted by molar-refractivity contribution is 0.102. The molecular formula is C15H12BrFN4O. The minimum Gasteiger partial charge on any atom is -0.319 e. The Morgan fingerprint density at radius 1 is 1.36 bits per heavy atom. The van der Waals surface area contributed by atoms with Gasteiger partial charge in [0.25, 0.3) is 5.91 Å². The summed E-state index contributed by atoms with van der Waals surface area (Å²) >= 11 is 3.17. The number of hydrogen-bond donors (Lipinski definition) is 1. The predicted octanol–water partition coefficient (Wildman–Crippen LogP) is 3.43. The van der Waals surface area contributed by atoms with E-state index in [0.717, 1.165) is 11.1 Å². The molecule has 3 rings (SSSR count). The van der Waals surface area contributed by atoms with Crippen molar-refractivity contribution >= 4 is 38.6 Å². The van der Waals surface area contributed by atoms with Crippen molar-refractivity contribution in [2.75, 3.05) is 5.32 Å². The maximum atomic E-state index is 13.8. The molecule has 0 aliphatic heterocycles. The van der Waals surface area contributed by atoms with Crippen LogP contribution in [0.4, 0.5) is 10.1 Å². The monoisotopic (exact) mass is 362 g/mol. The van der Waals surface area contributed by atoms with Crippen molar-refractivity contribution in [3.8, 4) is 0 Å². The highest BCUT2D eigenvalue weighted by Crippen LogP contribution is 2.21. The predicted molar refractivity (Wildman–Crippen MR) is 85.3 cm³/mol. The summed E-state index contributed by atoms with van der Waals surface area (Å²) in [6.07, 6.45) is 1.45. The van der Waals surface area contributed by atoms with E-state index in [2.05, 4.69) is 31.3 Å². The van der Waals surface area contributed by atoms with Crippen molar-refractivity contribution in [1.29, 1.82) is 0 Å². The number of amides is 1. The molecule has 0 saturated heterocycles. The second-order valence-corrected chi connectivity index (χ2v) is 5.80. The van der Waals surface area contributed by atoms with Gasteiger partial charge < -0.3 is 5.32 Å². The van der Waals surface area contributed by atoms with E-state index in [0.29, 0.717) is 15.7 Å². The lowest BCUT2D eigenvalue weighted by atomic mass is 10.2. The molecule has 0 unspecified atom stereocenters. The number of anilines is 1. The molecule has 112 valence electrons. The van der Waals surface area contributed by atoms with E-state index in [4.69, 9.17) is 0 Å². The highest BCUT2D eigenvalue weighted by molar-refractivity contribution is 9.10. The van der Waals surface area contributed by atoms with Crippen molar-refractivity contribution in [1.82, 2.24) is 14.8 Å². The van der Waals surface area contributed by atoms with E-state index in [1.807, 2.05) is 6.92 Å². The molecule has 0 radical (unpaired) electrons. The zero-order valence-corrected chi connectivity index (χ0v) is 13.5. The van der Waals surface area contributed by atoms with Gasteiger partial charge in [0.1, 0.15) is 5.82 Å². The number of rotatable bonds is 2.